The van der Waals surface area contributed by atoms with Crippen molar-refractivity contribution in [2.75, 3.05) is 7.11 Å². The number of halogens is 1. The lowest BCUT2D eigenvalue weighted by Crippen LogP contribution is -2.33. The zero-order valence-electron chi connectivity index (χ0n) is 13.7. The Hall–Kier alpha value is -1.81. The van der Waals surface area contributed by atoms with Crippen molar-refractivity contribution < 1.29 is 9.53 Å². The molecule has 0 bridgehead atoms. The van der Waals surface area contributed by atoms with E-state index in [-0.39, 0.29) is 11.9 Å². The van der Waals surface area contributed by atoms with Gasteiger partial charge in [0.1, 0.15) is 5.75 Å². The van der Waals surface area contributed by atoms with Crippen LogP contribution in [0.5, 0.6) is 5.75 Å². The number of benzene rings is 2. The third kappa shape index (κ3) is 5.10. The van der Waals surface area contributed by atoms with Crippen molar-refractivity contribution in [2.45, 2.75) is 32.7 Å². The minimum Gasteiger partial charge on any atom is -0.497 e. The highest BCUT2D eigenvalue weighted by Gasteiger charge is 2.12. The number of carbonyl (C=O) groups is 1. The maximum absolute atomic E-state index is 12.3. The van der Waals surface area contributed by atoms with E-state index in [0.717, 1.165) is 34.2 Å². The average molecular weight is 376 g/mol. The van der Waals surface area contributed by atoms with Crippen molar-refractivity contribution in [2.24, 2.45) is 0 Å². The van der Waals surface area contributed by atoms with Gasteiger partial charge in [-0.25, -0.2) is 0 Å². The van der Waals surface area contributed by atoms with E-state index in [1.807, 2.05) is 44.2 Å². The van der Waals surface area contributed by atoms with Crippen LogP contribution in [-0.4, -0.2) is 19.1 Å². The molecule has 4 heteroatoms. The van der Waals surface area contributed by atoms with Crippen LogP contribution in [0.2, 0.25) is 0 Å². The van der Waals surface area contributed by atoms with Crippen molar-refractivity contribution >= 4 is 21.8 Å². The van der Waals surface area contributed by atoms with Crippen LogP contribution in [-0.2, 0) is 6.42 Å². The molecule has 1 atom stereocenters. The molecule has 0 aromatic heterocycles. The van der Waals surface area contributed by atoms with Gasteiger partial charge in [-0.15, -0.1) is 0 Å². The number of methoxy groups -OCH3 is 1. The second-order valence-corrected chi connectivity index (χ2v) is 6.64. The molecule has 0 saturated heterocycles. The zero-order valence-corrected chi connectivity index (χ0v) is 15.3. The number of amides is 1. The van der Waals surface area contributed by atoms with Gasteiger partial charge in [-0.05, 0) is 68.1 Å². The smallest absolute Gasteiger partial charge is 0.251 e. The van der Waals surface area contributed by atoms with Crippen LogP contribution in [0.4, 0.5) is 0 Å². The quantitative estimate of drug-likeness (QED) is 0.805. The molecule has 0 saturated carbocycles. The summed E-state index contributed by atoms with van der Waals surface area (Å²) in [7, 11) is 1.66. The lowest BCUT2D eigenvalue weighted by Gasteiger charge is -2.15. The Labute approximate surface area is 146 Å². The minimum absolute atomic E-state index is 0.0165. The first kappa shape index (κ1) is 17.5. The van der Waals surface area contributed by atoms with E-state index in [9.17, 15) is 4.79 Å². The lowest BCUT2D eigenvalue weighted by atomic mass is 10.0. The third-order valence-electron chi connectivity index (χ3n) is 3.84. The van der Waals surface area contributed by atoms with E-state index in [2.05, 4.69) is 33.4 Å². The van der Waals surface area contributed by atoms with Crippen LogP contribution >= 0.6 is 15.9 Å². The fourth-order valence-corrected chi connectivity index (χ4v) is 2.91. The highest BCUT2D eigenvalue weighted by molar-refractivity contribution is 9.10. The van der Waals surface area contributed by atoms with Crippen molar-refractivity contribution in [3.8, 4) is 5.75 Å². The summed E-state index contributed by atoms with van der Waals surface area (Å²) in [6.07, 6.45) is 1.82. The van der Waals surface area contributed by atoms with Crippen LogP contribution in [0.3, 0.4) is 0 Å². The van der Waals surface area contributed by atoms with Crippen molar-refractivity contribution in [1.29, 1.82) is 0 Å². The summed E-state index contributed by atoms with van der Waals surface area (Å²) < 4.78 is 6.14. The molecule has 2 aromatic rings. The van der Waals surface area contributed by atoms with E-state index < -0.39 is 0 Å². The molecule has 2 aromatic carbocycles. The summed E-state index contributed by atoms with van der Waals surface area (Å²) in [5, 5.41) is 3.07. The maximum atomic E-state index is 12.3. The second-order valence-electron chi connectivity index (χ2n) is 5.72. The summed E-state index contributed by atoms with van der Waals surface area (Å²) in [4.78, 5) is 12.3. The van der Waals surface area contributed by atoms with Crippen molar-refractivity contribution in [1.82, 2.24) is 5.32 Å². The Kier molecular flexibility index (Phi) is 6.22. The Morgan fingerprint density at radius 1 is 1.22 bits per heavy atom. The molecule has 3 nitrogen and oxygen atoms in total. The van der Waals surface area contributed by atoms with Crippen LogP contribution in [0.25, 0.3) is 0 Å². The first-order valence-electron chi connectivity index (χ1n) is 7.69. The summed E-state index contributed by atoms with van der Waals surface area (Å²) in [5.41, 5.74) is 2.94. The number of rotatable bonds is 6. The van der Waals surface area contributed by atoms with Gasteiger partial charge in [0.15, 0.2) is 0 Å². The predicted octanol–water partition coefficient (Wildman–Crippen LogP) is 4.52. The molecular formula is C19H22BrNO2. The van der Waals surface area contributed by atoms with E-state index in [1.54, 1.807) is 7.11 Å². The molecule has 0 aliphatic heterocycles. The van der Waals surface area contributed by atoms with Gasteiger partial charge >= 0.3 is 0 Å². The second kappa shape index (κ2) is 8.16. The molecule has 0 radical (unpaired) electrons. The van der Waals surface area contributed by atoms with E-state index in [0.29, 0.717) is 0 Å². The third-order valence-corrected chi connectivity index (χ3v) is 4.33. The van der Waals surface area contributed by atoms with E-state index in [4.69, 9.17) is 4.74 Å². The minimum atomic E-state index is -0.0165. The molecule has 0 heterocycles. The van der Waals surface area contributed by atoms with Gasteiger partial charge < -0.3 is 10.1 Å². The summed E-state index contributed by atoms with van der Waals surface area (Å²) in [6, 6.07) is 13.9. The Morgan fingerprint density at radius 3 is 2.52 bits per heavy atom. The SMILES string of the molecule is COc1ccc(CCC(C)NC(=O)c2ccc(Br)cc2C)cc1. The molecule has 0 aliphatic rings. The largest absolute Gasteiger partial charge is 0.497 e. The molecule has 1 N–H and O–H groups in total. The molecule has 0 spiro atoms. The van der Waals surface area contributed by atoms with Crippen molar-refractivity contribution in [3.63, 3.8) is 0 Å². The predicted molar refractivity (Wildman–Crippen MR) is 97.1 cm³/mol. The van der Waals surface area contributed by atoms with Crippen LogP contribution < -0.4 is 10.1 Å². The Balaban J connectivity index is 1.88. The number of ether oxygens (including phenoxy) is 1. The normalized spacial score (nSPS) is 11.8. The number of hydrogen-bond acceptors (Lipinski definition) is 2. The topological polar surface area (TPSA) is 38.3 Å². The molecule has 0 aliphatic carbocycles. The van der Waals surface area contributed by atoms with Crippen LogP contribution in [0, 0.1) is 6.92 Å². The zero-order chi connectivity index (χ0) is 16.8. The fraction of sp³-hybridized carbons (Fsp3) is 0.316. The van der Waals surface area contributed by atoms with E-state index >= 15 is 0 Å². The number of carbonyl (C=O) groups excluding carboxylic acids is 1. The monoisotopic (exact) mass is 375 g/mol. The molecule has 122 valence electrons. The van der Waals surface area contributed by atoms with E-state index in [1.165, 1.54) is 5.56 Å². The van der Waals surface area contributed by atoms with Gasteiger partial charge in [0, 0.05) is 16.1 Å². The molecule has 2 rings (SSSR count). The van der Waals surface area contributed by atoms with Crippen LogP contribution in [0.15, 0.2) is 46.9 Å². The lowest BCUT2D eigenvalue weighted by molar-refractivity contribution is 0.0938. The first-order valence-corrected chi connectivity index (χ1v) is 8.49. The van der Waals surface area contributed by atoms with Gasteiger partial charge in [0.05, 0.1) is 7.11 Å². The van der Waals surface area contributed by atoms with Gasteiger partial charge in [0.25, 0.3) is 5.91 Å². The number of aryl methyl sites for hydroxylation is 2. The number of nitrogens with one attached hydrogen (secondary N) is 1. The molecule has 1 amide bonds. The first-order chi connectivity index (χ1) is 11.0. The highest BCUT2D eigenvalue weighted by Crippen LogP contribution is 2.16. The Morgan fingerprint density at radius 2 is 1.91 bits per heavy atom. The maximum Gasteiger partial charge on any atom is 0.251 e. The standard InChI is InChI=1S/C19H22BrNO2/c1-13-12-16(20)8-11-18(13)19(22)21-14(2)4-5-15-6-9-17(23-3)10-7-15/h6-12,14H,4-5H2,1-3H3,(H,21,22). The Bertz CT molecular complexity index is 668. The molecular weight excluding hydrogens is 354 g/mol. The van der Waals surface area contributed by atoms with Crippen molar-refractivity contribution in [3.05, 3.63) is 63.6 Å². The average Bonchev–Trinajstić information content (AvgIpc) is 2.53. The van der Waals surface area contributed by atoms with Gasteiger partial charge in [-0.3, -0.25) is 4.79 Å². The fourth-order valence-electron chi connectivity index (χ4n) is 2.43. The highest BCUT2D eigenvalue weighted by atomic mass is 79.9. The summed E-state index contributed by atoms with van der Waals surface area (Å²) in [5.74, 6) is 0.845. The van der Waals surface area contributed by atoms with Gasteiger partial charge in [-0.1, -0.05) is 28.1 Å². The van der Waals surface area contributed by atoms with Crippen LogP contribution in [0.1, 0.15) is 34.8 Å². The summed E-state index contributed by atoms with van der Waals surface area (Å²) in [6.45, 7) is 3.98. The number of hydrogen-bond donors (Lipinski definition) is 1. The van der Waals surface area contributed by atoms with Gasteiger partial charge in [-0.2, -0.15) is 0 Å². The summed E-state index contributed by atoms with van der Waals surface area (Å²) >= 11 is 3.42. The molecule has 23 heavy (non-hydrogen) atoms. The van der Waals surface area contributed by atoms with Gasteiger partial charge in [0.2, 0.25) is 0 Å². The molecule has 0 fully saturated rings. The molecule has 1 unspecified atom stereocenters.